The van der Waals surface area contributed by atoms with Crippen LogP contribution in [0.2, 0.25) is 0 Å². The average molecular weight is 884 g/mol. The Morgan fingerprint density at radius 3 is 1.98 bits per heavy atom. The Labute approximate surface area is 371 Å². The lowest BCUT2D eigenvalue weighted by molar-refractivity contribution is -0.159. The maximum Gasteiger partial charge on any atom is 0.396 e. The van der Waals surface area contributed by atoms with Crippen molar-refractivity contribution in [3.05, 3.63) is 96.1 Å². The second kappa shape index (κ2) is 22.5. The number of esters is 1. The van der Waals surface area contributed by atoms with Gasteiger partial charge in [0.15, 0.2) is 12.7 Å². The van der Waals surface area contributed by atoms with Crippen molar-refractivity contribution >= 4 is 53.0 Å². The number of amides is 7. The van der Waals surface area contributed by atoms with Crippen LogP contribution in [0.15, 0.2) is 84.9 Å². The number of hydrogen-bond donors (Lipinski definition) is 6. The van der Waals surface area contributed by atoms with Crippen molar-refractivity contribution in [2.75, 3.05) is 38.7 Å². The summed E-state index contributed by atoms with van der Waals surface area (Å²) in [6, 6.07) is 20.1. The zero-order chi connectivity index (χ0) is 46.4. The van der Waals surface area contributed by atoms with Gasteiger partial charge < -0.3 is 51.0 Å². The number of nitrogens with zero attached hydrogens (tertiary/aromatic N) is 2. The van der Waals surface area contributed by atoms with Crippen LogP contribution in [0.5, 0.6) is 5.75 Å². The zero-order valence-electron chi connectivity index (χ0n) is 36.5. The Morgan fingerprint density at radius 2 is 1.36 bits per heavy atom. The first-order valence-corrected chi connectivity index (χ1v) is 21.2. The van der Waals surface area contributed by atoms with Crippen molar-refractivity contribution in [1.82, 2.24) is 31.1 Å². The van der Waals surface area contributed by atoms with Gasteiger partial charge in [-0.2, -0.15) is 0 Å². The van der Waals surface area contributed by atoms with Gasteiger partial charge in [0.2, 0.25) is 23.6 Å². The van der Waals surface area contributed by atoms with Crippen molar-refractivity contribution in [3.8, 4) is 5.75 Å². The van der Waals surface area contributed by atoms with Gasteiger partial charge in [-0.25, -0.2) is 4.79 Å². The van der Waals surface area contributed by atoms with E-state index in [0.29, 0.717) is 19.3 Å². The number of aliphatic hydroxyl groups excluding tert-OH is 1. The molecule has 3 aromatic rings. The molecule has 0 spiro atoms. The Bertz CT molecular complexity index is 2150. The first kappa shape index (κ1) is 48.2. The van der Waals surface area contributed by atoms with E-state index in [0.717, 1.165) is 23.1 Å². The topological polar surface area (TPSA) is 242 Å². The van der Waals surface area contributed by atoms with Gasteiger partial charge in [0, 0.05) is 36.8 Å². The minimum absolute atomic E-state index is 0.0717. The molecule has 2 fully saturated rings. The van der Waals surface area contributed by atoms with E-state index in [2.05, 4.69) is 31.3 Å². The number of nitrogens with one attached hydrogen (secondary N) is 5. The van der Waals surface area contributed by atoms with E-state index in [1.807, 2.05) is 26.8 Å². The van der Waals surface area contributed by atoms with Gasteiger partial charge in [-0.1, -0.05) is 66.7 Å². The largest absolute Gasteiger partial charge is 0.484 e. The highest BCUT2D eigenvalue weighted by molar-refractivity contribution is 6.32. The molecule has 2 heterocycles. The fraction of sp³-hybridized carbons (Fsp3) is 0.435. The summed E-state index contributed by atoms with van der Waals surface area (Å²) in [5.74, 6) is -5.38. The summed E-state index contributed by atoms with van der Waals surface area (Å²) in [7, 11) is 1.07. The smallest absolute Gasteiger partial charge is 0.396 e. The fourth-order valence-corrected chi connectivity index (χ4v) is 7.58. The van der Waals surface area contributed by atoms with E-state index in [4.69, 9.17) is 4.74 Å². The Hall–Kier alpha value is -6.82. The van der Waals surface area contributed by atoms with Crippen molar-refractivity contribution in [2.24, 2.45) is 0 Å². The SMILES string of the molecule is COC(=O)C(=O)N1CCC[C@H]1C(=O)N[C@H](Cc1ccccc1)C(=O)NCC(=O)Nc1cccc(OCC(=O)N[C@@H](Cc2ccccc2)[C@H](O)C(=O)N2CCC[C@H]2C(=O)NC(C)(C)C)c1. The molecular weight excluding hydrogens is 827 g/mol. The van der Waals surface area contributed by atoms with Crippen LogP contribution in [-0.4, -0.2) is 131 Å². The van der Waals surface area contributed by atoms with E-state index in [1.165, 1.54) is 11.0 Å². The molecule has 2 aliphatic heterocycles. The molecule has 18 nitrogen and oxygen atoms in total. The van der Waals surface area contributed by atoms with Crippen LogP contribution in [0.4, 0.5) is 5.69 Å². The van der Waals surface area contributed by atoms with Crippen LogP contribution in [0.25, 0.3) is 0 Å². The van der Waals surface area contributed by atoms with E-state index in [9.17, 15) is 43.5 Å². The number of aliphatic hydroxyl groups is 1. The first-order chi connectivity index (χ1) is 30.5. The molecule has 64 heavy (non-hydrogen) atoms. The van der Waals surface area contributed by atoms with Gasteiger partial charge in [0.05, 0.1) is 19.7 Å². The van der Waals surface area contributed by atoms with Crippen LogP contribution in [0, 0.1) is 0 Å². The minimum Gasteiger partial charge on any atom is -0.484 e. The first-order valence-electron chi connectivity index (χ1n) is 21.2. The zero-order valence-corrected chi connectivity index (χ0v) is 36.5. The highest BCUT2D eigenvalue weighted by Gasteiger charge is 2.41. The van der Waals surface area contributed by atoms with Crippen LogP contribution in [-0.2, 0) is 55.9 Å². The molecule has 18 heteroatoms. The molecule has 0 bridgehead atoms. The monoisotopic (exact) mass is 883 g/mol. The lowest BCUT2D eigenvalue weighted by Gasteiger charge is -2.32. The molecule has 342 valence electrons. The molecule has 0 unspecified atom stereocenters. The van der Waals surface area contributed by atoms with Gasteiger partial charge in [0.25, 0.3) is 11.8 Å². The number of ether oxygens (including phenoxy) is 2. The fourth-order valence-electron chi connectivity index (χ4n) is 7.58. The number of likely N-dealkylation sites (tertiary alicyclic amines) is 2. The molecule has 7 amide bonds. The number of anilines is 1. The third kappa shape index (κ3) is 13.8. The van der Waals surface area contributed by atoms with E-state index < -0.39 is 90.4 Å². The van der Waals surface area contributed by atoms with Crippen LogP contribution in [0.3, 0.4) is 0 Å². The predicted molar refractivity (Wildman–Crippen MR) is 233 cm³/mol. The highest BCUT2D eigenvalue weighted by Crippen LogP contribution is 2.22. The average Bonchev–Trinajstić information content (AvgIpc) is 3.98. The molecule has 0 aliphatic carbocycles. The standard InChI is InChI=1S/C46H57N7O11/c1-46(2,3)51-42(59)36-21-13-22-52(36)43(60)39(56)33(24-29-14-7-5-8-15-29)49-38(55)28-64-32-19-11-18-31(26-32)48-37(54)27-47-40(57)34(25-30-16-9-6-10-17-30)50-41(58)35-20-12-23-53(35)44(61)45(62)63-4/h5-11,14-19,26,33-36,39,56H,12-13,20-25,27-28H2,1-4H3,(H,47,57)(H,48,54)(H,49,55)(H,50,58)(H,51,59)/t33-,34+,35-,36-,39-/m0/s1. The number of carbonyl (C=O) groups excluding carboxylic acids is 8. The third-order valence-electron chi connectivity index (χ3n) is 10.6. The summed E-state index contributed by atoms with van der Waals surface area (Å²) in [5, 5.41) is 24.9. The highest BCUT2D eigenvalue weighted by atomic mass is 16.5. The molecule has 0 aromatic heterocycles. The second-order valence-corrected chi connectivity index (χ2v) is 16.7. The summed E-state index contributed by atoms with van der Waals surface area (Å²) in [5.41, 5.74) is 1.24. The maximum absolute atomic E-state index is 13.7. The maximum atomic E-state index is 13.7. The van der Waals surface area contributed by atoms with Crippen molar-refractivity contribution in [2.45, 2.75) is 95.1 Å². The summed E-state index contributed by atoms with van der Waals surface area (Å²) >= 11 is 0. The normalized spacial score (nSPS) is 17.3. The Kier molecular flexibility index (Phi) is 17.0. The molecule has 5 rings (SSSR count). The molecule has 5 atom stereocenters. The lowest BCUT2D eigenvalue weighted by atomic mass is 9.99. The molecule has 2 saturated heterocycles. The number of benzene rings is 3. The van der Waals surface area contributed by atoms with Gasteiger partial charge >= 0.3 is 11.9 Å². The predicted octanol–water partition coefficient (Wildman–Crippen LogP) is 1.01. The van der Waals surface area contributed by atoms with E-state index >= 15 is 0 Å². The summed E-state index contributed by atoms with van der Waals surface area (Å²) < 4.78 is 10.3. The molecule has 2 aliphatic rings. The van der Waals surface area contributed by atoms with Crippen molar-refractivity contribution in [1.29, 1.82) is 0 Å². The van der Waals surface area contributed by atoms with Gasteiger partial charge in [-0.05, 0) is 76.1 Å². The van der Waals surface area contributed by atoms with Gasteiger partial charge in [-0.3, -0.25) is 33.6 Å². The minimum atomic E-state index is -1.67. The molecule has 0 saturated carbocycles. The van der Waals surface area contributed by atoms with Gasteiger partial charge in [0.1, 0.15) is 23.9 Å². The summed E-state index contributed by atoms with van der Waals surface area (Å²) in [6.07, 6.45) is 0.292. The number of carbonyl (C=O) groups is 8. The van der Waals surface area contributed by atoms with Gasteiger partial charge in [-0.15, -0.1) is 0 Å². The number of hydrogen-bond acceptors (Lipinski definition) is 11. The quantitative estimate of drug-likeness (QED) is 0.0826. The molecular formula is C46H57N7O11. The Morgan fingerprint density at radius 1 is 0.750 bits per heavy atom. The van der Waals surface area contributed by atoms with Crippen molar-refractivity contribution < 1.29 is 52.9 Å². The van der Waals surface area contributed by atoms with E-state index in [1.54, 1.807) is 72.8 Å². The number of methoxy groups -OCH3 is 1. The third-order valence-corrected chi connectivity index (χ3v) is 10.6. The van der Waals surface area contributed by atoms with Crippen LogP contribution in [0.1, 0.15) is 57.6 Å². The van der Waals surface area contributed by atoms with Crippen LogP contribution >= 0.6 is 0 Å². The number of rotatable bonds is 17. The molecule has 0 radical (unpaired) electrons. The summed E-state index contributed by atoms with van der Waals surface area (Å²) in [4.78, 5) is 107. The lowest BCUT2D eigenvalue weighted by Crippen LogP contribution is -2.57. The second-order valence-electron chi connectivity index (χ2n) is 16.7. The summed E-state index contributed by atoms with van der Waals surface area (Å²) in [6.45, 7) is 4.98. The van der Waals surface area contributed by atoms with E-state index in [-0.39, 0.29) is 49.7 Å². The van der Waals surface area contributed by atoms with Crippen LogP contribution < -0.4 is 31.3 Å². The molecule has 6 N–H and O–H groups in total. The molecule has 3 aromatic carbocycles. The Balaban J connectivity index is 1.16. The van der Waals surface area contributed by atoms with Crippen molar-refractivity contribution in [3.63, 3.8) is 0 Å².